The fraction of sp³-hybridized carbons (Fsp3) is 0.529. The Morgan fingerprint density at radius 2 is 1.96 bits per heavy atom. The average Bonchev–Trinajstić information content (AvgIpc) is 2.91. The minimum absolute atomic E-state index is 0.119. The molecule has 1 amide bonds. The van der Waals surface area contributed by atoms with E-state index in [1.165, 1.54) is 12.0 Å². The van der Waals surface area contributed by atoms with Gasteiger partial charge in [-0.05, 0) is 32.9 Å². The fourth-order valence-corrected chi connectivity index (χ4v) is 2.67. The van der Waals surface area contributed by atoms with Crippen LogP contribution in [0.5, 0.6) is 0 Å². The first-order valence-electron chi connectivity index (χ1n) is 7.90. The van der Waals surface area contributed by atoms with Crippen molar-refractivity contribution in [2.75, 3.05) is 24.7 Å². The first kappa shape index (κ1) is 17.9. The number of nitrogen functional groups attached to an aromatic ring is 1. The van der Waals surface area contributed by atoms with Crippen molar-refractivity contribution in [3.05, 3.63) is 24.3 Å². The number of benzene rings is 1. The minimum Gasteiger partial charge on any atom is -0.467 e. The summed E-state index contributed by atoms with van der Waals surface area (Å²) in [6.07, 6.45) is -0.0940. The molecule has 24 heavy (non-hydrogen) atoms. The number of para-hydroxylation sites is 2. The van der Waals surface area contributed by atoms with Gasteiger partial charge in [-0.15, -0.1) is 0 Å². The van der Waals surface area contributed by atoms with Crippen LogP contribution in [0, 0.1) is 0 Å². The predicted octanol–water partition coefficient (Wildman–Crippen LogP) is 2.23. The van der Waals surface area contributed by atoms with E-state index < -0.39 is 23.7 Å². The highest BCUT2D eigenvalue weighted by Gasteiger charge is 2.42. The molecule has 1 aliphatic heterocycles. The van der Waals surface area contributed by atoms with Gasteiger partial charge >= 0.3 is 12.1 Å². The zero-order chi connectivity index (χ0) is 17.9. The van der Waals surface area contributed by atoms with E-state index in [2.05, 4.69) is 5.32 Å². The molecule has 1 aliphatic rings. The van der Waals surface area contributed by atoms with Crippen LogP contribution in [-0.4, -0.2) is 48.3 Å². The highest BCUT2D eigenvalue weighted by atomic mass is 16.6. The van der Waals surface area contributed by atoms with Gasteiger partial charge in [0.25, 0.3) is 0 Å². The predicted molar refractivity (Wildman–Crippen MR) is 91.6 cm³/mol. The Hall–Kier alpha value is -2.44. The second-order valence-corrected chi connectivity index (χ2v) is 6.84. The number of nitrogens with zero attached hydrogens (tertiary/aromatic N) is 1. The number of carbonyl (C=O) groups excluding carboxylic acids is 2. The van der Waals surface area contributed by atoms with Gasteiger partial charge in [-0.3, -0.25) is 4.90 Å². The lowest BCUT2D eigenvalue weighted by Crippen LogP contribution is -2.44. The number of methoxy groups -OCH3 is 1. The Morgan fingerprint density at radius 3 is 2.54 bits per heavy atom. The number of anilines is 2. The van der Waals surface area contributed by atoms with Crippen LogP contribution in [0.4, 0.5) is 16.2 Å². The van der Waals surface area contributed by atoms with E-state index in [0.717, 1.165) is 5.69 Å². The van der Waals surface area contributed by atoms with Crippen LogP contribution in [-0.2, 0) is 14.3 Å². The molecule has 132 valence electrons. The smallest absolute Gasteiger partial charge is 0.411 e. The normalized spacial score (nSPS) is 20.6. The van der Waals surface area contributed by atoms with E-state index in [1.807, 2.05) is 18.2 Å². The SMILES string of the molecule is COC(=O)[C@@H]1CC(Nc2ccccc2N)CN1C(=O)OC(C)(C)C. The molecular formula is C17H25N3O4. The van der Waals surface area contributed by atoms with Crippen molar-refractivity contribution in [2.45, 2.75) is 44.9 Å². The van der Waals surface area contributed by atoms with Crippen LogP contribution in [0.2, 0.25) is 0 Å². The second-order valence-electron chi connectivity index (χ2n) is 6.84. The zero-order valence-electron chi connectivity index (χ0n) is 14.5. The molecular weight excluding hydrogens is 310 g/mol. The van der Waals surface area contributed by atoms with Gasteiger partial charge in [-0.1, -0.05) is 12.1 Å². The first-order valence-corrected chi connectivity index (χ1v) is 7.90. The van der Waals surface area contributed by atoms with Gasteiger partial charge < -0.3 is 20.5 Å². The highest BCUT2D eigenvalue weighted by molar-refractivity contribution is 5.82. The molecule has 0 aliphatic carbocycles. The van der Waals surface area contributed by atoms with Crippen LogP contribution >= 0.6 is 0 Å². The molecule has 7 nitrogen and oxygen atoms in total. The summed E-state index contributed by atoms with van der Waals surface area (Å²) >= 11 is 0. The molecule has 0 bridgehead atoms. The summed E-state index contributed by atoms with van der Waals surface area (Å²) in [7, 11) is 1.31. The Balaban J connectivity index is 2.13. The van der Waals surface area contributed by atoms with Crippen LogP contribution < -0.4 is 11.1 Å². The van der Waals surface area contributed by atoms with E-state index >= 15 is 0 Å². The molecule has 0 saturated carbocycles. The number of esters is 1. The third kappa shape index (κ3) is 4.31. The number of hydrogen-bond acceptors (Lipinski definition) is 6. The molecule has 7 heteroatoms. The van der Waals surface area contributed by atoms with Gasteiger partial charge in [0.05, 0.1) is 18.5 Å². The molecule has 1 aromatic rings. The van der Waals surface area contributed by atoms with Crippen LogP contribution in [0.25, 0.3) is 0 Å². The summed E-state index contributed by atoms with van der Waals surface area (Å²) in [5.41, 5.74) is 6.69. The highest BCUT2D eigenvalue weighted by Crippen LogP contribution is 2.26. The van der Waals surface area contributed by atoms with E-state index in [9.17, 15) is 9.59 Å². The Morgan fingerprint density at radius 1 is 1.29 bits per heavy atom. The monoisotopic (exact) mass is 335 g/mol. The number of rotatable bonds is 3. The standard InChI is InChI=1S/C17H25N3O4/c1-17(2,3)24-16(22)20-10-11(9-14(20)15(21)23-4)19-13-8-6-5-7-12(13)18/h5-8,11,14,19H,9-10,18H2,1-4H3/t11?,14-/m0/s1. The number of amides is 1. The van der Waals surface area contributed by atoms with Crippen LogP contribution in [0.1, 0.15) is 27.2 Å². The van der Waals surface area contributed by atoms with Gasteiger partial charge in [-0.25, -0.2) is 9.59 Å². The molecule has 3 N–H and O–H groups in total. The van der Waals surface area contributed by atoms with Crippen molar-refractivity contribution in [1.29, 1.82) is 0 Å². The third-order valence-corrected chi connectivity index (χ3v) is 3.72. The Labute approximate surface area is 142 Å². The lowest BCUT2D eigenvalue weighted by atomic mass is 10.1. The number of ether oxygens (including phenoxy) is 2. The largest absolute Gasteiger partial charge is 0.467 e. The molecule has 0 aromatic heterocycles. The molecule has 1 unspecified atom stereocenters. The van der Waals surface area contributed by atoms with Crippen molar-refractivity contribution in [1.82, 2.24) is 4.90 Å². The number of carbonyl (C=O) groups is 2. The maximum atomic E-state index is 12.4. The summed E-state index contributed by atoms with van der Waals surface area (Å²) in [5.74, 6) is -0.453. The average molecular weight is 335 g/mol. The Bertz CT molecular complexity index is 612. The lowest BCUT2D eigenvalue weighted by molar-refractivity contribution is -0.145. The minimum atomic E-state index is -0.674. The van der Waals surface area contributed by atoms with E-state index in [-0.39, 0.29) is 6.04 Å². The third-order valence-electron chi connectivity index (χ3n) is 3.72. The number of nitrogens with one attached hydrogen (secondary N) is 1. The van der Waals surface area contributed by atoms with Gasteiger partial charge in [-0.2, -0.15) is 0 Å². The first-order chi connectivity index (χ1) is 11.2. The van der Waals surface area contributed by atoms with Crippen molar-refractivity contribution >= 4 is 23.4 Å². The van der Waals surface area contributed by atoms with Gasteiger partial charge in [0.15, 0.2) is 0 Å². The summed E-state index contributed by atoms with van der Waals surface area (Å²) in [6.45, 7) is 5.70. The molecule has 2 atom stereocenters. The van der Waals surface area contributed by atoms with E-state index in [4.69, 9.17) is 15.2 Å². The number of likely N-dealkylation sites (tertiary alicyclic amines) is 1. The Kier molecular flexibility index (Phi) is 5.21. The summed E-state index contributed by atoms with van der Waals surface area (Å²) < 4.78 is 10.2. The van der Waals surface area contributed by atoms with Crippen molar-refractivity contribution < 1.29 is 19.1 Å². The second kappa shape index (κ2) is 6.98. The van der Waals surface area contributed by atoms with Crippen molar-refractivity contribution in [3.8, 4) is 0 Å². The van der Waals surface area contributed by atoms with Crippen LogP contribution in [0.15, 0.2) is 24.3 Å². The maximum Gasteiger partial charge on any atom is 0.411 e. The molecule has 1 saturated heterocycles. The number of hydrogen-bond donors (Lipinski definition) is 2. The fourth-order valence-electron chi connectivity index (χ4n) is 2.67. The topological polar surface area (TPSA) is 93.9 Å². The molecule has 0 radical (unpaired) electrons. The molecule has 2 rings (SSSR count). The van der Waals surface area contributed by atoms with Crippen LogP contribution in [0.3, 0.4) is 0 Å². The van der Waals surface area contributed by atoms with Crippen molar-refractivity contribution in [2.24, 2.45) is 0 Å². The van der Waals surface area contributed by atoms with Crippen molar-refractivity contribution in [3.63, 3.8) is 0 Å². The van der Waals surface area contributed by atoms with E-state index in [0.29, 0.717) is 18.7 Å². The summed E-state index contributed by atoms with van der Waals surface area (Å²) in [4.78, 5) is 25.8. The molecule has 0 spiro atoms. The van der Waals surface area contributed by atoms with Gasteiger partial charge in [0.1, 0.15) is 11.6 Å². The van der Waals surface area contributed by atoms with Gasteiger partial charge in [0, 0.05) is 19.0 Å². The molecule has 1 aromatic carbocycles. The molecule has 1 heterocycles. The number of nitrogens with two attached hydrogens (primary N) is 1. The van der Waals surface area contributed by atoms with E-state index in [1.54, 1.807) is 26.8 Å². The summed E-state index contributed by atoms with van der Waals surface area (Å²) in [6, 6.07) is 6.58. The quantitative estimate of drug-likeness (QED) is 0.650. The maximum absolute atomic E-state index is 12.4. The zero-order valence-corrected chi connectivity index (χ0v) is 14.5. The molecule has 1 fully saturated rings. The lowest BCUT2D eigenvalue weighted by Gasteiger charge is -2.27. The van der Waals surface area contributed by atoms with Gasteiger partial charge in [0.2, 0.25) is 0 Å². The summed E-state index contributed by atoms with van der Waals surface area (Å²) in [5, 5.41) is 3.28.